The van der Waals surface area contributed by atoms with Crippen LogP contribution < -0.4 is 9.64 Å². The number of ether oxygens (including phenoxy) is 1. The zero-order valence-electron chi connectivity index (χ0n) is 16.3. The van der Waals surface area contributed by atoms with Gasteiger partial charge in [-0.3, -0.25) is 9.69 Å². The summed E-state index contributed by atoms with van der Waals surface area (Å²) in [4.78, 5) is 22.0. The Labute approximate surface area is 174 Å². The third kappa shape index (κ3) is 4.63. The molecular formula is C21H24ClN3O2S. The van der Waals surface area contributed by atoms with Gasteiger partial charge < -0.3 is 9.64 Å². The number of hydrogen-bond donors (Lipinski definition) is 0. The molecular weight excluding hydrogens is 394 g/mol. The molecule has 0 aliphatic carbocycles. The molecule has 2 aromatic carbocycles. The van der Waals surface area contributed by atoms with Crippen LogP contribution in [0.15, 0.2) is 42.5 Å². The van der Waals surface area contributed by atoms with Gasteiger partial charge in [0.2, 0.25) is 0 Å². The molecule has 0 unspecified atom stereocenters. The summed E-state index contributed by atoms with van der Waals surface area (Å²) in [6.07, 6.45) is 0. The second kappa shape index (κ2) is 9.37. The maximum absolute atomic E-state index is 13.3. The number of likely N-dealkylation sites (N-methyl/N-ethyl adjacent to an activating group) is 1. The Kier molecular flexibility index (Phi) is 6.88. The van der Waals surface area contributed by atoms with Crippen LogP contribution in [0, 0.1) is 0 Å². The first kappa shape index (κ1) is 20.6. The minimum atomic E-state index is -0.0966. The van der Waals surface area contributed by atoms with Crippen LogP contribution >= 0.6 is 22.9 Å². The molecule has 0 bridgehead atoms. The molecule has 0 atom stereocenters. The lowest BCUT2D eigenvalue weighted by molar-refractivity contribution is 0.0984. The Morgan fingerprint density at radius 1 is 1.14 bits per heavy atom. The van der Waals surface area contributed by atoms with E-state index in [1.165, 1.54) is 11.3 Å². The Morgan fingerprint density at radius 2 is 1.93 bits per heavy atom. The Morgan fingerprint density at radius 3 is 2.61 bits per heavy atom. The number of rotatable bonds is 8. The van der Waals surface area contributed by atoms with Crippen LogP contribution in [0.2, 0.25) is 5.02 Å². The van der Waals surface area contributed by atoms with E-state index in [4.69, 9.17) is 21.3 Å². The van der Waals surface area contributed by atoms with Crippen molar-refractivity contribution in [1.29, 1.82) is 0 Å². The second-order valence-corrected chi connectivity index (χ2v) is 7.77. The molecule has 0 saturated heterocycles. The minimum absolute atomic E-state index is 0.0966. The lowest BCUT2D eigenvalue weighted by atomic mass is 10.2. The Hall–Kier alpha value is -2.15. The molecule has 1 amide bonds. The van der Waals surface area contributed by atoms with Crippen LogP contribution in [-0.2, 0) is 0 Å². The van der Waals surface area contributed by atoms with Gasteiger partial charge in [0.25, 0.3) is 5.91 Å². The van der Waals surface area contributed by atoms with Gasteiger partial charge in [0.15, 0.2) is 5.13 Å². The van der Waals surface area contributed by atoms with E-state index in [0.29, 0.717) is 22.3 Å². The van der Waals surface area contributed by atoms with Crippen LogP contribution in [0.4, 0.5) is 5.13 Å². The molecule has 0 saturated carbocycles. The summed E-state index contributed by atoms with van der Waals surface area (Å²) < 4.78 is 6.29. The zero-order valence-corrected chi connectivity index (χ0v) is 17.9. The molecule has 1 heterocycles. The number of carbonyl (C=O) groups excluding carboxylic acids is 1. The number of hydrogen-bond acceptors (Lipinski definition) is 5. The molecule has 3 aromatic rings. The molecule has 0 fully saturated rings. The van der Waals surface area contributed by atoms with Crippen molar-refractivity contribution in [1.82, 2.24) is 9.88 Å². The van der Waals surface area contributed by atoms with E-state index >= 15 is 0 Å². The molecule has 7 heteroatoms. The van der Waals surface area contributed by atoms with Gasteiger partial charge in [0.05, 0.1) is 17.3 Å². The number of carbonyl (C=O) groups is 1. The van der Waals surface area contributed by atoms with Crippen molar-refractivity contribution in [2.24, 2.45) is 0 Å². The van der Waals surface area contributed by atoms with Crippen molar-refractivity contribution < 1.29 is 9.53 Å². The van der Waals surface area contributed by atoms with Gasteiger partial charge in [-0.15, -0.1) is 0 Å². The molecule has 0 aliphatic heterocycles. The number of nitrogens with zero attached hydrogens (tertiary/aromatic N) is 3. The lowest BCUT2D eigenvalue weighted by Gasteiger charge is -2.24. The summed E-state index contributed by atoms with van der Waals surface area (Å²) in [6.45, 7) is 7.45. The van der Waals surface area contributed by atoms with Crippen molar-refractivity contribution in [3.05, 3.63) is 53.1 Å². The fraction of sp³-hybridized carbons (Fsp3) is 0.333. The van der Waals surface area contributed by atoms with Crippen LogP contribution in [0.1, 0.15) is 24.2 Å². The van der Waals surface area contributed by atoms with Crippen molar-refractivity contribution in [3.8, 4) is 5.75 Å². The monoisotopic (exact) mass is 417 g/mol. The summed E-state index contributed by atoms with van der Waals surface area (Å²) >= 11 is 7.60. The molecule has 148 valence electrons. The lowest BCUT2D eigenvalue weighted by Crippen LogP contribution is -2.38. The number of methoxy groups -OCH3 is 1. The summed E-state index contributed by atoms with van der Waals surface area (Å²) in [5, 5.41) is 1.23. The predicted molar refractivity (Wildman–Crippen MR) is 117 cm³/mol. The number of amides is 1. The number of anilines is 1. The van der Waals surface area contributed by atoms with E-state index in [-0.39, 0.29) is 5.91 Å². The number of fused-ring (bicyclic) bond motifs is 1. The van der Waals surface area contributed by atoms with E-state index in [1.807, 2.05) is 18.2 Å². The molecule has 0 aliphatic rings. The number of aromatic nitrogens is 1. The van der Waals surface area contributed by atoms with Crippen LogP contribution in [0.25, 0.3) is 10.2 Å². The SMILES string of the molecule is CCN(CC)CCN(C(=O)c1cccc(Cl)c1)c1nc2ccc(OC)cc2s1. The highest BCUT2D eigenvalue weighted by Gasteiger charge is 2.22. The van der Waals surface area contributed by atoms with Gasteiger partial charge in [-0.1, -0.05) is 42.9 Å². The molecule has 0 radical (unpaired) electrons. The minimum Gasteiger partial charge on any atom is -0.497 e. The number of halogens is 1. The maximum atomic E-state index is 13.3. The topological polar surface area (TPSA) is 45.7 Å². The normalized spacial score (nSPS) is 11.2. The summed E-state index contributed by atoms with van der Waals surface area (Å²) in [5.41, 5.74) is 1.41. The maximum Gasteiger partial charge on any atom is 0.260 e. The third-order valence-electron chi connectivity index (χ3n) is 4.67. The average molecular weight is 418 g/mol. The highest BCUT2D eigenvalue weighted by atomic mass is 35.5. The third-order valence-corrected chi connectivity index (χ3v) is 5.94. The van der Waals surface area contributed by atoms with E-state index in [2.05, 4.69) is 18.7 Å². The molecule has 5 nitrogen and oxygen atoms in total. The Balaban J connectivity index is 1.96. The van der Waals surface area contributed by atoms with Crippen LogP contribution in [0.5, 0.6) is 5.75 Å². The quantitative estimate of drug-likeness (QED) is 0.520. The first-order chi connectivity index (χ1) is 13.5. The van der Waals surface area contributed by atoms with E-state index in [0.717, 1.165) is 35.6 Å². The first-order valence-corrected chi connectivity index (χ1v) is 10.5. The van der Waals surface area contributed by atoms with E-state index in [1.54, 1.807) is 36.3 Å². The molecule has 0 spiro atoms. The molecule has 28 heavy (non-hydrogen) atoms. The van der Waals surface area contributed by atoms with Crippen molar-refractivity contribution in [2.45, 2.75) is 13.8 Å². The van der Waals surface area contributed by atoms with Gasteiger partial charge in [-0.2, -0.15) is 0 Å². The highest BCUT2D eigenvalue weighted by Crippen LogP contribution is 2.32. The molecule has 3 rings (SSSR count). The molecule has 1 aromatic heterocycles. The number of benzene rings is 2. The molecule has 0 N–H and O–H groups in total. The average Bonchev–Trinajstić information content (AvgIpc) is 3.13. The standard InChI is InChI=1S/C21H24ClN3O2S/c1-4-24(5-2)11-12-25(20(26)15-7-6-8-16(22)13-15)21-23-18-10-9-17(27-3)14-19(18)28-21/h6-10,13-14H,4-5,11-12H2,1-3H3. The van der Waals surface area contributed by atoms with Gasteiger partial charge in [-0.25, -0.2) is 4.98 Å². The van der Waals surface area contributed by atoms with Crippen LogP contribution in [-0.4, -0.2) is 49.1 Å². The Bertz CT molecular complexity index is 956. The largest absolute Gasteiger partial charge is 0.497 e. The van der Waals surface area contributed by atoms with Gasteiger partial charge >= 0.3 is 0 Å². The zero-order chi connectivity index (χ0) is 20.1. The highest BCUT2D eigenvalue weighted by molar-refractivity contribution is 7.22. The fourth-order valence-electron chi connectivity index (χ4n) is 2.98. The fourth-order valence-corrected chi connectivity index (χ4v) is 4.19. The summed E-state index contributed by atoms with van der Waals surface area (Å²) in [5.74, 6) is 0.680. The van der Waals surface area contributed by atoms with Crippen molar-refractivity contribution in [2.75, 3.05) is 38.2 Å². The smallest absolute Gasteiger partial charge is 0.260 e. The van der Waals surface area contributed by atoms with Crippen molar-refractivity contribution in [3.63, 3.8) is 0 Å². The summed E-state index contributed by atoms with van der Waals surface area (Å²) in [7, 11) is 1.64. The van der Waals surface area contributed by atoms with E-state index in [9.17, 15) is 4.79 Å². The summed E-state index contributed by atoms with van der Waals surface area (Å²) in [6, 6.07) is 12.8. The van der Waals surface area contributed by atoms with Gasteiger partial charge in [-0.05, 0) is 49.5 Å². The van der Waals surface area contributed by atoms with E-state index < -0.39 is 0 Å². The first-order valence-electron chi connectivity index (χ1n) is 9.30. The number of thiazole rings is 1. The van der Waals surface area contributed by atoms with Gasteiger partial charge in [0.1, 0.15) is 5.75 Å². The van der Waals surface area contributed by atoms with Gasteiger partial charge in [0, 0.05) is 23.7 Å². The predicted octanol–water partition coefficient (Wildman–Crippen LogP) is 4.95. The van der Waals surface area contributed by atoms with Crippen LogP contribution in [0.3, 0.4) is 0 Å². The van der Waals surface area contributed by atoms with Crippen molar-refractivity contribution >= 4 is 44.2 Å². The second-order valence-electron chi connectivity index (χ2n) is 6.32.